The number of thioether (sulfide) groups is 1. The molecule has 3 aromatic rings. The van der Waals surface area contributed by atoms with E-state index in [1.165, 1.54) is 25.3 Å². The van der Waals surface area contributed by atoms with Gasteiger partial charge < -0.3 is 14.3 Å². The van der Waals surface area contributed by atoms with Gasteiger partial charge in [0.15, 0.2) is 0 Å². The van der Waals surface area contributed by atoms with Gasteiger partial charge in [-0.15, -0.1) is 0 Å². The third kappa shape index (κ3) is 5.10. The topological polar surface area (TPSA) is 123 Å². The Morgan fingerprint density at radius 1 is 1.26 bits per heavy atom. The number of nitro groups is 1. The highest BCUT2D eigenvalue weighted by Gasteiger charge is 2.40. The fourth-order valence-corrected chi connectivity index (χ4v) is 4.91. The molecule has 0 aliphatic carbocycles. The first kappa shape index (κ1) is 24.2. The third-order valence-electron chi connectivity index (χ3n) is 5.26. The van der Waals surface area contributed by atoms with Crippen molar-refractivity contribution in [1.29, 1.82) is 0 Å². The van der Waals surface area contributed by atoms with Crippen molar-refractivity contribution in [1.82, 2.24) is 4.90 Å². The summed E-state index contributed by atoms with van der Waals surface area (Å²) in [7, 11) is 1.41. The lowest BCUT2D eigenvalue weighted by molar-refractivity contribution is -0.384. The number of ether oxygens (including phenoxy) is 1. The average Bonchev–Trinajstić information content (AvgIpc) is 3.41. The van der Waals surface area contributed by atoms with Gasteiger partial charge in [0.25, 0.3) is 11.6 Å². The summed E-state index contributed by atoms with van der Waals surface area (Å²) in [4.78, 5) is 37.3. The van der Waals surface area contributed by atoms with E-state index in [4.69, 9.17) is 21.4 Å². The largest absolute Gasteiger partial charge is 0.497 e. The maximum Gasteiger partial charge on any atom is 0.327 e. The fourth-order valence-electron chi connectivity index (χ4n) is 3.58. The minimum atomic E-state index is -1.17. The second kappa shape index (κ2) is 10.1. The van der Waals surface area contributed by atoms with Crippen LogP contribution in [0, 0.1) is 10.1 Å². The number of aliphatic carboxylic acids is 1. The van der Waals surface area contributed by atoms with Crippen molar-refractivity contribution in [2.75, 3.05) is 7.11 Å². The Bertz CT molecular complexity index is 1350. The molecule has 0 spiro atoms. The summed E-state index contributed by atoms with van der Waals surface area (Å²) in [5.74, 6) is -0.885. The van der Waals surface area contributed by atoms with Crippen LogP contribution in [0.2, 0.25) is 0 Å². The molecule has 1 N–H and O–H groups in total. The van der Waals surface area contributed by atoms with Gasteiger partial charge in [0.05, 0.1) is 28.6 Å². The first-order valence-corrected chi connectivity index (χ1v) is 11.5. The molecular weight excluding hydrogens is 492 g/mol. The number of hydrogen-bond donors (Lipinski definition) is 1. The Morgan fingerprint density at radius 3 is 2.66 bits per heavy atom. The molecule has 1 fully saturated rings. The standard InChI is InChI=1S/C24H18N2O7S2/c1-32-15-7-9-17(18(12-15)26(30)31)20-10-8-16(33-20)13-21-22(27)25(24(34)35-21)19(23(28)29)11-14-5-3-2-4-6-14/h2-10,12-13,19H,11H2,1H3,(H,28,29)/b21-13+. The molecule has 1 aliphatic heterocycles. The minimum Gasteiger partial charge on any atom is -0.497 e. The number of carboxylic acids is 1. The van der Waals surface area contributed by atoms with Crippen LogP contribution < -0.4 is 4.74 Å². The fraction of sp³-hybridized carbons (Fsp3) is 0.125. The number of methoxy groups -OCH3 is 1. The highest BCUT2D eigenvalue weighted by atomic mass is 32.2. The first-order valence-electron chi connectivity index (χ1n) is 10.2. The number of carboxylic acid groups (broad SMARTS) is 1. The molecule has 178 valence electrons. The van der Waals surface area contributed by atoms with Crippen molar-refractivity contribution in [3.63, 3.8) is 0 Å². The first-order chi connectivity index (χ1) is 16.8. The van der Waals surface area contributed by atoms with E-state index in [2.05, 4.69) is 0 Å². The predicted octanol–water partition coefficient (Wildman–Crippen LogP) is 4.76. The van der Waals surface area contributed by atoms with Crippen LogP contribution in [0.5, 0.6) is 5.75 Å². The molecule has 1 unspecified atom stereocenters. The molecule has 2 heterocycles. The van der Waals surface area contributed by atoms with E-state index in [0.29, 0.717) is 5.75 Å². The van der Waals surface area contributed by atoms with Crippen LogP contribution in [0.4, 0.5) is 5.69 Å². The molecule has 1 amide bonds. The molecule has 1 saturated heterocycles. The van der Waals surface area contributed by atoms with Gasteiger partial charge in [-0.05, 0) is 29.8 Å². The SMILES string of the molecule is COc1ccc(-c2ccc(/C=C3/SC(=S)N(C(Cc4ccccc4)C(=O)O)C3=O)o2)c([N+](=O)[O-])c1. The number of thiocarbonyl (C=S) groups is 1. The Labute approximate surface area is 209 Å². The Morgan fingerprint density at radius 2 is 2.00 bits per heavy atom. The second-order valence-corrected chi connectivity index (χ2v) is 9.11. The van der Waals surface area contributed by atoms with Gasteiger partial charge in [-0.3, -0.25) is 19.8 Å². The zero-order valence-corrected chi connectivity index (χ0v) is 19.9. The summed E-state index contributed by atoms with van der Waals surface area (Å²) in [6, 6.07) is 15.3. The summed E-state index contributed by atoms with van der Waals surface area (Å²) in [5, 5.41) is 21.3. The summed E-state index contributed by atoms with van der Waals surface area (Å²) >= 11 is 6.29. The molecule has 1 aromatic heterocycles. The Balaban J connectivity index is 1.60. The van der Waals surface area contributed by atoms with Crippen LogP contribution in [-0.2, 0) is 16.0 Å². The van der Waals surface area contributed by atoms with Crippen LogP contribution in [0.25, 0.3) is 17.4 Å². The van der Waals surface area contributed by atoms with Gasteiger partial charge in [-0.25, -0.2) is 4.79 Å². The second-order valence-electron chi connectivity index (χ2n) is 7.44. The van der Waals surface area contributed by atoms with E-state index in [9.17, 15) is 24.8 Å². The molecule has 1 aliphatic rings. The molecule has 0 radical (unpaired) electrons. The lowest BCUT2D eigenvalue weighted by atomic mass is 10.0. The molecule has 35 heavy (non-hydrogen) atoms. The highest BCUT2D eigenvalue weighted by molar-refractivity contribution is 8.26. The van der Waals surface area contributed by atoms with E-state index < -0.39 is 22.8 Å². The molecule has 2 aromatic carbocycles. The number of nitro benzene ring substituents is 1. The van der Waals surface area contributed by atoms with Gasteiger partial charge in [0, 0.05) is 12.5 Å². The zero-order valence-electron chi connectivity index (χ0n) is 18.2. The van der Waals surface area contributed by atoms with Crippen molar-refractivity contribution in [3.05, 3.63) is 87.0 Å². The van der Waals surface area contributed by atoms with Crippen molar-refractivity contribution in [3.8, 4) is 17.1 Å². The van der Waals surface area contributed by atoms with Crippen LogP contribution in [-0.4, -0.2) is 44.3 Å². The third-order valence-corrected chi connectivity index (χ3v) is 6.59. The van der Waals surface area contributed by atoms with E-state index >= 15 is 0 Å². The Hall–Kier alpha value is -3.96. The summed E-state index contributed by atoms with van der Waals surface area (Å²) in [5.41, 5.74) is 0.813. The number of furan rings is 1. The van der Waals surface area contributed by atoms with E-state index in [1.807, 2.05) is 6.07 Å². The van der Waals surface area contributed by atoms with Gasteiger partial charge in [0.1, 0.15) is 27.6 Å². The van der Waals surface area contributed by atoms with Crippen LogP contribution in [0.1, 0.15) is 11.3 Å². The number of benzene rings is 2. The van der Waals surface area contributed by atoms with Crippen molar-refractivity contribution >= 4 is 51.9 Å². The van der Waals surface area contributed by atoms with Gasteiger partial charge >= 0.3 is 5.97 Å². The highest BCUT2D eigenvalue weighted by Crippen LogP contribution is 2.37. The molecule has 0 saturated carbocycles. The normalized spacial score (nSPS) is 15.5. The smallest absolute Gasteiger partial charge is 0.327 e. The van der Waals surface area contributed by atoms with Gasteiger partial charge in [-0.1, -0.05) is 54.3 Å². The summed E-state index contributed by atoms with van der Waals surface area (Å²) in [6.07, 6.45) is 1.54. The van der Waals surface area contributed by atoms with Crippen molar-refractivity contribution in [2.24, 2.45) is 0 Å². The minimum absolute atomic E-state index is 0.0991. The van der Waals surface area contributed by atoms with E-state index in [1.54, 1.807) is 42.5 Å². The maximum atomic E-state index is 13.1. The lowest BCUT2D eigenvalue weighted by Gasteiger charge is -2.23. The van der Waals surface area contributed by atoms with Gasteiger partial charge in [-0.2, -0.15) is 0 Å². The zero-order chi connectivity index (χ0) is 25.1. The Kier molecular flexibility index (Phi) is 6.99. The number of carbonyl (C=O) groups excluding carboxylic acids is 1. The molecule has 9 nitrogen and oxygen atoms in total. The molecular formula is C24H18N2O7S2. The number of rotatable bonds is 8. The molecule has 1 atom stereocenters. The van der Waals surface area contributed by atoms with Gasteiger partial charge in [0.2, 0.25) is 0 Å². The van der Waals surface area contributed by atoms with E-state index in [-0.39, 0.29) is 38.4 Å². The summed E-state index contributed by atoms with van der Waals surface area (Å²) < 4.78 is 10.9. The maximum absolute atomic E-state index is 13.1. The predicted molar refractivity (Wildman–Crippen MR) is 134 cm³/mol. The summed E-state index contributed by atoms with van der Waals surface area (Å²) in [6.45, 7) is 0. The van der Waals surface area contributed by atoms with Crippen LogP contribution in [0.15, 0.2) is 70.0 Å². The number of carbonyl (C=O) groups is 2. The lowest BCUT2D eigenvalue weighted by Crippen LogP contribution is -2.45. The average molecular weight is 511 g/mol. The number of hydrogen-bond acceptors (Lipinski definition) is 8. The van der Waals surface area contributed by atoms with E-state index in [0.717, 1.165) is 22.2 Å². The molecule has 11 heteroatoms. The van der Waals surface area contributed by atoms with Crippen LogP contribution in [0.3, 0.4) is 0 Å². The monoisotopic (exact) mass is 510 g/mol. The molecule has 4 rings (SSSR count). The quantitative estimate of drug-likeness (QED) is 0.198. The van der Waals surface area contributed by atoms with Crippen LogP contribution >= 0.6 is 24.0 Å². The van der Waals surface area contributed by atoms with Crippen molar-refractivity contribution < 1.29 is 28.8 Å². The molecule has 0 bridgehead atoms. The van der Waals surface area contributed by atoms with Crippen molar-refractivity contribution in [2.45, 2.75) is 12.5 Å². The number of nitrogens with zero attached hydrogens (tertiary/aromatic N) is 2. The number of amides is 1.